The van der Waals surface area contributed by atoms with E-state index in [4.69, 9.17) is 5.73 Å². The topological polar surface area (TPSA) is 75.4 Å². The Morgan fingerprint density at radius 3 is 2.53 bits per heavy atom. The highest BCUT2D eigenvalue weighted by atomic mass is 32.2. The van der Waals surface area contributed by atoms with E-state index in [0.29, 0.717) is 11.1 Å². The number of anilines is 1. The van der Waals surface area contributed by atoms with Gasteiger partial charge < -0.3 is 14.5 Å². The van der Waals surface area contributed by atoms with E-state index in [1.165, 1.54) is 0 Å². The summed E-state index contributed by atoms with van der Waals surface area (Å²) in [6.07, 6.45) is 0. The molecule has 1 atom stereocenters. The summed E-state index contributed by atoms with van der Waals surface area (Å²) in [4.78, 5) is 0. The van der Waals surface area contributed by atoms with Crippen molar-refractivity contribution in [3.05, 3.63) is 36.4 Å². The summed E-state index contributed by atoms with van der Waals surface area (Å²) in [6.45, 7) is 0. The van der Waals surface area contributed by atoms with Crippen LogP contribution in [0.3, 0.4) is 0 Å². The number of hydrogen-bond donors (Lipinski definition) is 1. The van der Waals surface area contributed by atoms with Crippen molar-refractivity contribution in [2.45, 2.75) is 0 Å². The van der Waals surface area contributed by atoms with Crippen LogP contribution in [0.5, 0.6) is 5.75 Å². The molecule has 0 aliphatic heterocycles. The predicted octanol–water partition coefficient (Wildman–Crippen LogP) is 1.59. The summed E-state index contributed by atoms with van der Waals surface area (Å²) < 4.78 is 25.6. The molecular formula is C10H8NO3S-. The van der Waals surface area contributed by atoms with Gasteiger partial charge in [-0.1, -0.05) is 24.3 Å². The Labute approximate surface area is 89.2 Å². The van der Waals surface area contributed by atoms with Crippen molar-refractivity contribution >= 4 is 27.8 Å². The van der Waals surface area contributed by atoms with Gasteiger partial charge in [0.1, 0.15) is 17.1 Å². The fraction of sp³-hybridized carbons (Fsp3) is 0. The summed E-state index contributed by atoms with van der Waals surface area (Å²) >= 11 is -2.59. The maximum absolute atomic E-state index is 10.5. The van der Waals surface area contributed by atoms with Crippen molar-refractivity contribution < 1.29 is 12.9 Å². The predicted molar refractivity (Wildman–Crippen MR) is 57.9 cm³/mol. The summed E-state index contributed by atoms with van der Waals surface area (Å²) in [7, 11) is 0. The number of nitrogens with two attached hydrogens (primary N) is 1. The molecule has 2 aromatic rings. The third-order valence-corrected chi connectivity index (χ3v) is 2.37. The van der Waals surface area contributed by atoms with E-state index in [1.54, 1.807) is 24.3 Å². The van der Waals surface area contributed by atoms with Crippen molar-refractivity contribution in [1.29, 1.82) is 0 Å². The largest absolute Gasteiger partial charge is 0.740 e. The SMILES string of the molecule is Nc1cccc2cccc(OS(=O)[O-])c12. The Morgan fingerprint density at radius 1 is 1.20 bits per heavy atom. The van der Waals surface area contributed by atoms with E-state index in [1.807, 2.05) is 12.1 Å². The third-order valence-electron chi connectivity index (χ3n) is 2.06. The van der Waals surface area contributed by atoms with Crippen LogP contribution in [-0.4, -0.2) is 8.76 Å². The van der Waals surface area contributed by atoms with Crippen LogP contribution in [0, 0.1) is 0 Å². The van der Waals surface area contributed by atoms with E-state index >= 15 is 0 Å². The van der Waals surface area contributed by atoms with Gasteiger partial charge in [0, 0.05) is 11.1 Å². The number of nitrogen functional groups attached to an aromatic ring is 1. The van der Waals surface area contributed by atoms with Crippen molar-refractivity contribution in [1.82, 2.24) is 0 Å². The average Bonchev–Trinajstić information content (AvgIpc) is 2.17. The monoisotopic (exact) mass is 222 g/mol. The molecule has 0 fully saturated rings. The molecule has 2 N–H and O–H groups in total. The van der Waals surface area contributed by atoms with E-state index in [0.717, 1.165) is 5.39 Å². The zero-order valence-electron chi connectivity index (χ0n) is 7.67. The first-order valence-electron chi connectivity index (χ1n) is 4.23. The van der Waals surface area contributed by atoms with Crippen molar-refractivity contribution in [2.24, 2.45) is 0 Å². The Hall–Kier alpha value is -1.59. The molecule has 2 aromatic carbocycles. The minimum atomic E-state index is -2.59. The molecule has 0 radical (unpaired) electrons. The maximum Gasteiger partial charge on any atom is 0.149 e. The summed E-state index contributed by atoms with van der Waals surface area (Å²) in [5.41, 5.74) is 6.25. The summed E-state index contributed by atoms with van der Waals surface area (Å²) in [5.74, 6) is 0.249. The van der Waals surface area contributed by atoms with Gasteiger partial charge in [0.05, 0.1) is 0 Å². The fourth-order valence-corrected chi connectivity index (χ4v) is 1.76. The lowest BCUT2D eigenvalue weighted by atomic mass is 10.1. The van der Waals surface area contributed by atoms with Crippen molar-refractivity contribution in [3.8, 4) is 5.75 Å². The number of fused-ring (bicyclic) bond motifs is 1. The molecular weight excluding hydrogens is 214 g/mol. The fourth-order valence-electron chi connectivity index (χ4n) is 1.48. The molecule has 0 amide bonds. The van der Waals surface area contributed by atoms with Gasteiger partial charge in [-0.15, -0.1) is 0 Å². The number of hydrogen-bond acceptors (Lipinski definition) is 4. The second kappa shape index (κ2) is 3.88. The Kier molecular flexibility index (Phi) is 2.57. The van der Waals surface area contributed by atoms with E-state index < -0.39 is 11.4 Å². The Balaban J connectivity index is 2.68. The van der Waals surface area contributed by atoms with E-state index in [9.17, 15) is 8.76 Å². The van der Waals surface area contributed by atoms with Crippen LogP contribution in [0.1, 0.15) is 0 Å². The second-order valence-electron chi connectivity index (χ2n) is 2.99. The molecule has 0 aliphatic rings. The van der Waals surface area contributed by atoms with Crippen molar-refractivity contribution in [2.75, 3.05) is 5.73 Å². The lowest BCUT2D eigenvalue weighted by Gasteiger charge is -2.11. The highest BCUT2D eigenvalue weighted by molar-refractivity contribution is 7.74. The molecule has 0 saturated heterocycles. The highest BCUT2D eigenvalue weighted by Crippen LogP contribution is 2.30. The first kappa shape index (κ1) is 9.95. The van der Waals surface area contributed by atoms with Crippen LogP contribution in [0.2, 0.25) is 0 Å². The van der Waals surface area contributed by atoms with Crippen LogP contribution in [0.15, 0.2) is 36.4 Å². The van der Waals surface area contributed by atoms with Gasteiger partial charge in [0.2, 0.25) is 0 Å². The van der Waals surface area contributed by atoms with Crippen LogP contribution >= 0.6 is 0 Å². The first-order chi connectivity index (χ1) is 7.18. The van der Waals surface area contributed by atoms with E-state index in [-0.39, 0.29) is 5.75 Å². The third kappa shape index (κ3) is 1.93. The Bertz CT molecular complexity index is 522. The molecule has 5 heteroatoms. The summed E-state index contributed by atoms with van der Waals surface area (Å²) in [6, 6.07) is 10.5. The lowest BCUT2D eigenvalue weighted by Crippen LogP contribution is -1.99. The summed E-state index contributed by atoms with van der Waals surface area (Å²) in [5, 5.41) is 1.46. The number of benzene rings is 2. The quantitative estimate of drug-likeness (QED) is 0.618. The molecule has 4 nitrogen and oxygen atoms in total. The highest BCUT2D eigenvalue weighted by Gasteiger charge is 2.05. The van der Waals surface area contributed by atoms with Gasteiger partial charge in [-0.25, -0.2) is 4.21 Å². The minimum Gasteiger partial charge on any atom is -0.740 e. The zero-order chi connectivity index (χ0) is 10.8. The minimum absolute atomic E-state index is 0.249. The molecule has 2 rings (SSSR count). The van der Waals surface area contributed by atoms with Crippen LogP contribution in [0.25, 0.3) is 10.8 Å². The molecule has 0 spiro atoms. The average molecular weight is 222 g/mol. The normalized spacial score (nSPS) is 12.6. The van der Waals surface area contributed by atoms with Gasteiger partial charge in [-0.3, -0.25) is 0 Å². The van der Waals surface area contributed by atoms with Gasteiger partial charge in [-0.05, 0) is 17.5 Å². The zero-order valence-corrected chi connectivity index (χ0v) is 8.49. The molecule has 15 heavy (non-hydrogen) atoms. The second-order valence-corrected chi connectivity index (χ2v) is 3.56. The van der Waals surface area contributed by atoms with Crippen LogP contribution < -0.4 is 9.92 Å². The Morgan fingerprint density at radius 2 is 1.87 bits per heavy atom. The van der Waals surface area contributed by atoms with Crippen LogP contribution in [-0.2, 0) is 11.4 Å². The maximum atomic E-state index is 10.5. The standard InChI is InChI=1S/C10H9NO3S/c11-8-5-1-3-7-4-2-6-9(10(7)8)14-15(12)13/h1-6H,11H2,(H,12,13)/p-1. The molecule has 0 heterocycles. The van der Waals surface area contributed by atoms with Gasteiger partial charge in [0.25, 0.3) is 0 Å². The lowest BCUT2D eigenvalue weighted by molar-refractivity contribution is 0.442. The molecule has 1 unspecified atom stereocenters. The van der Waals surface area contributed by atoms with Gasteiger partial charge in [-0.2, -0.15) is 0 Å². The molecule has 0 aliphatic carbocycles. The molecule has 0 saturated carbocycles. The first-order valence-corrected chi connectivity index (χ1v) is 5.23. The van der Waals surface area contributed by atoms with Gasteiger partial charge >= 0.3 is 0 Å². The molecule has 0 aromatic heterocycles. The van der Waals surface area contributed by atoms with E-state index in [2.05, 4.69) is 4.18 Å². The van der Waals surface area contributed by atoms with Crippen molar-refractivity contribution in [3.63, 3.8) is 0 Å². The smallest absolute Gasteiger partial charge is 0.149 e. The number of rotatable bonds is 2. The van der Waals surface area contributed by atoms with Gasteiger partial charge in [0.15, 0.2) is 0 Å². The molecule has 78 valence electrons. The van der Waals surface area contributed by atoms with Crippen LogP contribution in [0.4, 0.5) is 5.69 Å². The molecule has 0 bridgehead atoms.